The first kappa shape index (κ1) is 19.9. The number of nitrogens with zero attached hydrogens (tertiary/aromatic N) is 2. The number of methoxy groups -OCH3 is 1. The third-order valence-electron chi connectivity index (χ3n) is 3.53. The van der Waals surface area contributed by atoms with E-state index in [2.05, 4.69) is 15.5 Å². The summed E-state index contributed by atoms with van der Waals surface area (Å²) < 4.78 is 31.7. The summed E-state index contributed by atoms with van der Waals surface area (Å²) in [6.07, 6.45) is 0. The van der Waals surface area contributed by atoms with Crippen LogP contribution in [0.15, 0.2) is 46.8 Å². The van der Waals surface area contributed by atoms with Gasteiger partial charge in [0.25, 0.3) is 5.91 Å². The van der Waals surface area contributed by atoms with Gasteiger partial charge in [0.05, 0.1) is 12.9 Å². The molecule has 2 aromatic carbocycles. The predicted octanol–water partition coefficient (Wildman–Crippen LogP) is 4.05. The number of amides is 1. The van der Waals surface area contributed by atoms with Crippen molar-refractivity contribution in [3.8, 4) is 5.75 Å². The number of benzene rings is 2. The van der Waals surface area contributed by atoms with Crippen molar-refractivity contribution in [3.05, 3.63) is 65.2 Å². The van der Waals surface area contributed by atoms with Crippen LogP contribution >= 0.6 is 23.1 Å². The van der Waals surface area contributed by atoms with Crippen molar-refractivity contribution >= 4 is 39.9 Å². The second-order valence-electron chi connectivity index (χ2n) is 5.40. The zero-order valence-electron chi connectivity index (χ0n) is 14.4. The molecular weight excluding hydrogens is 408 g/mol. The van der Waals surface area contributed by atoms with Gasteiger partial charge < -0.3 is 4.74 Å². The molecule has 0 unspecified atom stereocenters. The van der Waals surface area contributed by atoms with Crippen LogP contribution in [0.2, 0.25) is 0 Å². The summed E-state index contributed by atoms with van der Waals surface area (Å²) in [6, 6.07) is 9.63. The molecule has 144 valence electrons. The Morgan fingerprint density at radius 1 is 1.11 bits per heavy atom. The Hall–Kier alpha value is -2.85. The van der Waals surface area contributed by atoms with Crippen LogP contribution in [0.1, 0.15) is 20.7 Å². The number of nitrogens with one attached hydrogen (secondary N) is 1. The summed E-state index contributed by atoms with van der Waals surface area (Å²) in [4.78, 5) is 24.3. The molecule has 10 heteroatoms. The van der Waals surface area contributed by atoms with Gasteiger partial charge in [0.15, 0.2) is 21.8 Å². The molecular formula is C18H13F2N3O3S2. The minimum atomic E-state index is -1.07. The number of hydrogen-bond acceptors (Lipinski definition) is 7. The van der Waals surface area contributed by atoms with E-state index in [-0.39, 0.29) is 28.1 Å². The highest BCUT2D eigenvalue weighted by atomic mass is 32.2. The summed E-state index contributed by atoms with van der Waals surface area (Å²) >= 11 is 2.19. The summed E-state index contributed by atoms with van der Waals surface area (Å²) in [5.74, 6) is -2.30. The summed E-state index contributed by atoms with van der Waals surface area (Å²) in [5.41, 5.74) is 0.472. The Morgan fingerprint density at radius 3 is 2.68 bits per heavy atom. The molecule has 0 radical (unpaired) electrons. The number of thioether (sulfide) groups is 1. The Kier molecular flexibility index (Phi) is 6.32. The van der Waals surface area contributed by atoms with E-state index in [9.17, 15) is 18.4 Å². The van der Waals surface area contributed by atoms with E-state index in [0.717, 1.165) is 35.2 Å². The molecule has 1 amide bonds. The number of carbonyl (C=O) groups is 2. The van der Waals surface area contributed by atoms with Gasteiger partial charge in [0.1, 0.15) is 5.75 Å². The molecule has 1 heterocycles. The summed E-state index contributed by atoms with van der Waals surface area (Å²) in [5, 5.41) is 10.7. The van der Waals surface area contributed by atoms with Crippen molar-refractivity contribution in [2.45, 2.75) is 4.34 Å². The number of anilines is 1. The van der Waals surface area contributed by atoms with Crippen molar-refractivity contribution in [3.63, 3.8) is 0 Å². The standard InChI is InChI=1S/C18H13F2N3O3S2/c1-26-12-4-2-3-11(7-12)16(25)21-17-22-23-18(28-17)27-9-15(24)10-5-6-13(19)14(20)8-10/h2-8H,9H2,1H3,(H,21,22,25). The third kappa shape index (κ3) is 4.90. The maximum atomic E-state index is 13.2. The van der Waals surface area contributed by atoms with Crippen LogP contribution in [-0.2, 0) is 0 Å². The lowest BCUT2D eigenvalue weighted by Gasteiger charge is -2.03. The summed E-state index contributed by atoms with van der Waals surface area (Å²) in [6.45, 7) is 0. The van der Waals surface area contributed by atoms with Gasteiger partial charge in [-0.25, -0.2) is 8.78 Å². The lowest BCUT2D eigenvalue weighted by Crippen LogP contribution is -2.11. The molecule has 1 aromatic heterocycles. The van der Waals surface area contributed by atoms with Crippen LogP contribution in [0.5, 0.6) is 5.75 Å². The van der Waals surface area contributed by atoms with Gasteiger partial charge in [0.2, 0.25) is 5.13 Å². The van der Waals surface area contributed by atoms with Crippen LogP contribution in [0.3, 0.4) is 0 Å². The maximum Gasteiger partial charge on any atom is 0.257 e. The topological polar surface area (TPSA) is 81.2 Å². The van der Waals surface area contributed by atoms with Gasteiger partial charge in [-0.3, -0.25) is 14.9 Å². The highest BCUT2D eigenvalue weighted by Gasteiger charge is 2.14. The van der Waals surface area contributed by atoms with E-state index in [1.165, 1.54) is 13.2 Å². The van der Waals surface area contributed by atoms with Gasteiger partial charge in [-0.1, -0.05) is 29.2 Å². The molecule has 1 N–H and O–H groups in total. The smallest absolute Gasteiger partial charge is 0.257 e. The average molecular weight is 421 g/mol. The van der Waals surface area contributed by atoms with Gasteiger partial charge in [-0.15, -0.1) is 10.2 Å². The van der Waals surface area contributed by atoms with E-state index in [4.69, 9.17) is 4.74 Å². The molecule has 0 aliphatic rings. The first-order valence-corrected chi connectivity index (χ1v) is 9.66. The van der Waals surface area contributed by atoms with Crippen molar-refractivity contribution in [1.82, 2.24) is 10.2 Å². The highest BCUT2D eigenvalue weighted by molar-refractivity contribution is 8.01. The second kappa shape index (κ2) is 8.89. The van der Waals surface area contributed by atoms with E-state index in [1.807, 2.05) is 0 Å². The van der Waals surface area contributed by atoms with Gasteiger partial charge >= 0.3 is 0 Å². The van der Waals surface area contributed by atoms with Crippen molar-refractivity contribution < 1.29 is 23.1 Å². The molecule has 0 fully saturated rings. The monoisotopic (exact) mass is 421 g/mol. The fourth-order valence-corrected chi connectivity index (χ4v) is 3.77. The van der Waals surface area contributed by atoms with Crippen molar-refractivity contribution in [1.29, 1.82) is 0 Å². The predicted molar refractivity (Wildman–Crippen MR) is 102 cm³/mol. The number of rotatable bonds is 7. The number of hydrogen-bond donors (Lipinski definition) is 1. The van der Waals surface area contributed by atoms with Crippen LogP contribution in [0.25, 0.3) is 0 Å². The second-order valence-corrected chi connectivity index (χ2v) is 7.60. The molecule has 3 aromatic rings. The molecule has 6 nitrogen and oxygen atoms in total. The Morgan fingerprint density at radius 2 is 1.93 bits per heavy atom. The third-order valence-corrected chi connectivity index (χ3v) is 5.50. The number of halogens is 2. The average Bonchev–Trinajstić information content (AvgIpc) is 3.15. The fraction of sp³-hybridized carbons (Fsp3) is 0.111. The van der Waals surface area contributed by atoms with E-state index < -0.39 is 11.6 Å². The quantitative estimate of drug-likeness (QED) is 0.352. The molecule has 0 aliphatic carbocycles. The number of carbonyl (C=O) groups excluding carboxylic acids is 2. The van der Waals surface area contributed by atoms with Crippen molar-refractivity contribution in [2.75, 3.05) is 18.2 Å². The van der Waals surface area contributed by atoms with E-state index in [0.29, 0.717) is 15.7 Å². The minimum absolute atomic E-state index is 0.0243. The maximum absolute atomic E-state index is 13.2. The Bertz CT molecular complexity index is 1030. The highest BCUT2D eigenvalue weighted by Crippen LogP contribution is 2.27. The van der Waals surface area contributed by atoms with E-state index in [1.54, 1.807) is 24.3 Å². The molecule has 28 heavy (non-hydrogen) atoms. The minimum Gasteiger partial charge on any atom is -0.497 e. The first-order chi connectivity index (χ1) is 13.5. The number of ketones is 1. The van der Waals surface area contributed by atoms with Gasteiger partial charge in [0, 0.05) is 11.1 Å². The Balaban J connectivity index is 1.58. The fourth-order valence-electron chi connectivity index (χ4n) is 2.13. The molecule has 0 saturated carbocycles. The number of ether oxygens (including phenoxy) is 1. The lowest BCUT2D eigenvalue weighted by molar-refractivity contribution is 0.101. The molecule has 0 bridgehead atoms. The Labute approximate surface area is 166 Å². The van der Waals surface area contributed by atoms with Crippen LogP contribution < -0.4 is 10.1 Å². The normalized spacial score (nSPS) is 10.5. The number of Topliss-reactive ketones (excluding diaryl/α,β-unsaturated/α-hetero) is 1. The lowest BCUT2D eigenvalue weighted by atomic mass is 10.1. The largest absolute Gasteiger partial charge is 0.497 e. The van der Waals surface area contributed by atoms with Gasteiger partial charge in [-0.2, -0.15) is 0 Å². The zero-order valence-corrected chi connectivity index (χ0v) is 16.1. The SMILES string of the molecule is COc1cccc(C(=O)Nc2nnc(SCC(=O)c3ccc(F)c(F)c3)s2)c1. The van der Waals surface area contributed by atoms with E-state index >= 15 is 0 Å². The molecule has 3 rings (SSSR count). The van der Waals surface area contributed by atoms with Crippen LogP contribution in [0.4, 0.5) is 13.9 Å². The molecule has 0 spiro atoms. The zero-order chi connectivity index (χ0) is 20.1. The van der Waals surface area contributed by atoms with Crippen LogP contribution in [0, 0.1) is 11.6 Å². The molecule has 0 saturated heterocycles. The first-order valence-electron chi connectivity index (χ1n) is 7.86. The molecule has 0 atom stereocenters. The van der Waals surface area contributed by atoms with Crippen molar-refractivity contribution in [2.24, 2.45) is 0 Å². The van der Waals surface area contributed by atoms with Crippen LogP contribution in [-0.4, -0.2) is 34.8 Å². The summed E-state index contributed by atoms with van der Waals surface area (Å²) in [7, 11) is 1.51. The number of aromatic nitrogens is 2. The van der Waals surface area contributed by atoms with Gasteiger partial charge in [-0.05, 0) is 36.4 Å². The molecule has 0 aliphatic heterocycles.